The molecule has 0 bridgehead atoms. The van der Waals surface area contributed by atoms with Gasteiger partial charge in [0.05, 0.1) is 32.5 Å². The number of aryl methyl sites for hydroxylation is 1. The summed E-state index contributed by atoms with van der Waals surface area (Å²) < 4.78 is 2.95. The highest BCUT2D eigenvalue weighted by molar-refractivity contribution is 9.10. The van der Waals surface area contributed by atoms with E-state index in [1.54, 1.807) is 6.07 Å². The van der Waals surface area contributed by atoms with Gasteiger partial charge in [0.15, 0.2) is 0 Å². The van der Waals surface area contributed by atoms with Crippen molar-refractivity contribution in [1.29, 1.82) is 0 Å². The highest BCUT2D eigenvalue weighted by Crippen LogP contribution is 2.27. The Morgan fingerprint density at radius 1 is 1.29 bits per heavy atom. The lowest BCUT2D eigenvalue weighted by molar-refractivity contribution is 0.659. The standard InChI is InChI=1S/C12H11BrCl2N2/c1-7-11(13)8(2)17(16-7)6-9-4-3-5-10(14)12(9)15/h3-5H,6H2,1-2H3. The van der Waals surface area contributed by atoms with Gasteiger partial charge in [-0.25, -0.2) is 0 Å². The summed E-state index contributed by atoms with van der Waals surface area (Å²) in [6.45, 7) is 4.60. The molecule has 0 spiro atoms. The lowest BCUT2D eigenvalue weighted by Crippen LogP contribution is -2.04. The maximum Gasteiger partial charge on any atom is 0.0738 e. The van der Waals surface area contributed by atoms with Crippen molar-refractivity contribution in [2.75, 3.05) is 0 Å². The molecule has 2 aromatic rings. The second kappa shape index (κ2) is 5.01. The number of benzene rings is 1. The van der Waals surface area contributed by atoms with Gasteiger partial charge in [0.25, 0.3) is 0 Å². The smallest absolute Gasteiger partial charge is 0.0738 e. The van der Waals surface area contributed by atoms with Gasteiger partial charge in [-0.2, -0.15) is 5.10 Å². The van der Waals surface area contributed by atoms with Crippen molar-refractivity contribution in [3.63, 3.8) is 0 Å². The molecule has 1 aromatic carbocycles. The topological polar surface area (TPSA) is 17.8 Å². The van der Waals surface area contributed by atoms with Gasteiger partial charge < -0.3 is 0 Å². The Morgan fingerprint density at radius 2 is 2.00 bits per heavy atom. The number of aromatic nitrogens is 2. The van der Waals surface area contributed by atoms with Crippen LogP contribution in [-0.4, -0.2) is 9.78 Å². The molecule has 0 aliphatic heterocycles. The largest absolute Gasteiger partial charge is 0.264 e. The van der Waals surface area contributed by atoms with Crippen molar-refractivity contribution >= 4 is 39.1 Å². The minimum Gasteiger partial charge on any atom is -0.264 e. The second-order valence-corrected chi connectivity index (χ2v) is 5.43. The van der Waals surface area contributed by atoms with Crippen LogP contribution < -0.4 is 0 Å². The lowest BCUT2D eigenvalue weighted by atomic mass is 10.2. The van der Waals surface area contributed by atoms with Gasteiger partial charge in [-0.05, 0) is 41.4 Å². The van der Waals surface area contributed by atoms with Crippen molar-refractivity contribution in [3.8, 4) is 0 Å². The first-order valence-corrected chi connectivity index (χ1v) is 6.68. The molecule has 0 atom stereocenters. The van der Waals surface area contributed by atoms with Gasteiger partial charge in [-0.15, -0.1) is 0 Å². The van der Waals surface area contributed by atoms with Crippen molar-refractivity contribution in [1.82, 2.24) is 9.78 Å². The summed E-state index contributed by atoms with van der Waals surface area (Å²) in [5.74, 6) is 0. The molecule has 0 amide bonds. The molecule has 2 rings (SSSR count). The van der Waals surface area contributed by atoms with Crippen LogP contribution in [0.2, 0.25) is 10.0 Å². The molecule has 0 fully saturated rings. The van der Waals surface area contributed by atoms with Gasteiger partial charge >= 0.3 is 0 Å². The maximum absolute atomic E-state index is 6.16. The van der Waals surface area contributed by atoms with E-state index in [9.17, 15) is 0 Å². The molecule has 2 nitrogen and oxygen atoms in total. The number of hydrogen-bond donors (Lipinski definition) is 0. The van der Waals surface area contributed by atoms with Crippen molar-refractivity contribution in [2.45, 2.75) is 20.4 Å². The fraction of sp³-hybridized carbons (Fsp3) is 0.250. The van der Waals surface area contributed by atoms with E-state index in [1.807, 2.05) is 30.7 Å². The maximum atomic E-state index is 6.16. The Kier molecular flexibility index (Phi) is 3.81. The molecule has 0 aliphatic carbocycles. The summed E-state index contributed by atoms with van der Waals surface area (Å²) in [7, 11) is 0. The van der Waals surface area contributed by atoms with Crippen LogP contribution in [0, 0.1) is 13.8 Å². The van der Waals surface area contributed by atoms with Crippen molar-refractivity contribution in [2.24, 2.45) is 0 Å². The first-order valence-electron chi connectivity index (χ1n) is 5.13. The molecule has 90 valence electrons. The Balaban J connectivity index is 2.38. The second-order valence-electron chi connectivity index (χ2n) is 3.86. The van der Waals surface area contributed by atoms with Gasteiger partial charge in [0.1, 0.15) is 0 Å². The van der Waals surface area contributed by atoms with Crippen LogP contribution in [0.1, 0.15) is 17.0 Å². The molecule has 0 N–H and O–H groups in total. The Bertz CT molecular complexity index is 564. The molecule has 0 saturated carbocycles. The van der Waals surface area contributed by atoms with Crippen LogP contribution in [0.15, 0.2) is 22.7 Å². The quantitative estimate of drug-likeness (QED) is 0.784. The summed E-state index contributed by atoms with van der Waals surface area (Å²) >= 11 is 15.6. The van der Waals surface area contributed by atoms with E-state index >= 15 is 0 Å². The van der Waals surface area contributed by atoms with E-state index in [-0.39, 0.29) is 0 Å². The van der Waals surface area contributed by atoms with Crippen LogP contribution in [0.25, 0.3) is 0 Å². The van der Waals surface area contributed by atoms with E-state index in [0.717, 1.165) is 21.4 Å². The van der Waals surface area contributed by atoms with Crippen LogP contribution >= 0.6 is 39.1 Å². The number of rotatable bonds is 2. The number of hydrogen-bond acceptors (Lipinski definition) is 1. The molecule has 0 aliphatic rings. The summed E-state index contributed by atoms with van der Waals surface area (Å²) in [6, 6.07) is 5.63. The average molecular weight is 334 g/mol. The Morgan fingerprint density at radius 3 is 2.59 bits per heavy atom. The van der Waals surface area contributed by atoms with Crippen molar-refractivity contribution < 1.29 is 0 Å². The Labute approximate surface area is 119 Å². The summed E-state index contributed by atoms with van der Waals surface area (Å²) in [5.41, 5.74) is 3.02. The molecule has 0 saturated heterocycles. The first kappa shape index (κ1) is 12.9. The number of halogens is 3. The third-order valence-corrected chi connectivity index (χ3v) is 4.65. The first-order chi connectivity index (χ1) is 8.00. The van der Waals surface area contributed by atoms with Crippen LogP contribution in [-0.2, 0) is 6.54 Å². The van der Waals surface area contributed by atoms with E-state index in [4.69, 9.17) is 23.2 Å². The molecule has 5 heteroatoms. The highest BCUT2D eigenvalue weighted by Gasteiger charge is 2.11. The zero-order valence-corrected chi connectivity index (χ0v) is 12.6. The number of nitrogens with zero attached hydrogens (tertiary/aromatic N) is 2. The van der Waals surface area contributed by atoms with Crippen molar-refractivity contribution in [3.05, 3.63) is 49.7 Å². The Hall–Kier alpha value is -0.510. The van der Waals surface area contributed by atoms with Crippen LogP contribution in [0.4, 0.5) is 0 Å². The zero-order chi connectivity index (χ0) is 12.6. The molecule has 17 heavy (non-hydrogen) atoms. The monoisotopic (exact) mass is 332 g/mol. The SMILES string of the molecule is Cc1nn(Cc2cccc(Cl)c2Cl)c(C)c1Br. The third-order valence-electron chi connectivity index (χ3n) is 2.64. The van der Waals surface area contributed by atoms with Crippen LogP contribution in [0.3, 0.4) is 0 Å². The van der Waals surface area contributed by atoms with E-state index in [2.05, 4.69) is 21.0 Å². The van der Waals surface area contributed by atoms with Gasteiger partial charge in [0, 0.05) is 0 Å². The summed E-state index contributed by atoms with van der Waals surface area (Å²) in [6.07, 6.45) is 0. The predicted octanol–water partition coefficient (Wildman–Crippen LogP) is 4.62. The molecule has 0 unspecified atom stereocenters. The van der Waals surface area contributed by atoms with Gasteiger partial charge in [-0.3, -0.25) is 4.68 Å². The lowest BCUT2D eigenvalue weighted by Gasteiger charge is -2.07. The van der Waals surface area contributed by atoms with Gasteiger partial charge in [0.2, 0.25) is 0 Å². The minimum atomic E-state index is 0.574. The zero-order valence-electron chi connectivity index (χ0n) is 9.47. The molecule has 0 radical (unpaired) electrons. The molecule has 1 aromatic heterocycles. The fourth-order valence-electron chi connectivity index (χ4n) is 1.66. The predicted molar refractivity (Wildman–Crippen MR) is 75.0 cm³/mol. The molecular formula is C12H11BrCl2N2. The minimum absolute atomic E-state index is 0.574. The van der Waals surface area contributed by atoms with E-state index < -0.39 is 0 Å². The average Bonchev–Trinajstić information content (AvgIpc) is 2.53. The molecule has 1 heterocycles. The van der Waals surface area contributed by atoms with Crippen LogP contribution in [0.5, 0.6) is 0 Å². The normalized spacial score (nSPS) is 10.9. The fourth-order valence-corrected chi connectivity index (χ4v) is 2.32. The summed E-state index contributed by atoms with van der Waals surface area (Å²) in [5, 5.41) is 5.61. The summed E-state index contributed by atoms with van der Waals surface area (Å²) in [4.78, 5) is 0. The van der Waals surface area contributed by atoms with E-state index in [0.29, 0.717) is 16.6 Å². The van der Waals surface area contributed by atoms with E-state index in [1.165, 1.54) is 0 Å². The molecular weight excluding hydrogens is 323 g/mol. The third kappa shape index (κ3) is 2.51. The van der Waals surface area contributed by atoms with Gasteiger partial charge in [-0.1, -0.05) is 35.3 Å². The highest BCUT2D eigenvalue weighted by atomic mass is 79.9.